The Morgan fingerprint density at radius 1 is 1.50 bits per heavy atom. The van der Waals surface area contributed by atoms with Crippen molar-refractivity contribution >= 4 is 33.6 Å². The zero-order chi connectivity index (χ0) is 13.1. The second-order valence-corrected chi connectivity index (χ2v) is 6.62. The first-order valence-electron chi connectivity index (χ1n) is 6.21. The standard InChI is InChI=1S/C14H18BrNOS/c1-9(2)12(7-15)16-14(17)11-8-18-13-6-4-3-5-10(11)13/h3-6,9,11-12H,7-8H2,1-2H3,(H,16,17). The van der Waals surface area contributed by atoms with Crippen molar-refractivity contribution in [3.05, 3.63) is 29.8 Å². The van der Waals surface area contributed by atoms with E-state index in [0.29, 0.717) is 5.92 Å². The highest BCUT2D eigenvalue weighted by Crippen LogP contribution is 2.39. The zero-order valence-corrected chi connectivity index (χ0v) is 13.1. The Hall–Kier alpha value is -0.480. The number of hydrogen-bond donors (Lipinski definition) is 1. The molecule has 4 heteroatoms. The summed E-state index contributed by atoms with van der Waals surface area (Å²) in [5, 5.41) is 3.95. The molecule has 1 amide bonds. The topological polar surface area (TPSA) is 29.1 Å². The lowest BCUT2D eigenvalue weighted by Gasteiger charge is -2.22. The Morgan fingerprint density at radius 2 is 2.22 bits per heavy atom. The molecular weight excluding hydrogens is 310 g/mol. The fourth-order valence-electron chi connectivity index (χ4n) is 2.05. The van der Waals surface area contributed by atoms with Gasteiger partial charge in [0.1, 0.15) is 0 Å². The Labute approximate surface area is 121 Å². The number of nitrogens with one attached hydrogen (secondary N) is 1. The summed E-state index contributed by atoms with van der Waals surface area (Å²) in [6.45, 7) is 4.26. The SMILES string of the molecule is CC(C)C(CBr)NC(=O)C1CSc2ccccc21. The van der Waals surface area contributed by atoms with Gasteiger partial charge in [0.05, 0.1) is 5.92 Å². The molecule has 0 bridgehead atoms. The van der Waals surface area contributed by atoms with E-state index in [1.165, 1.54) is 10.5 Å². The van der Waals surface area contributed by atoms with Crippen LogP contribution < -0.4 is 5.32 Å². The van der Waals surface area contributed by atoms with Crippen LogP contribution in [0.2, 0.25) is 0 Å². The second kappa shape index (κ2) is 6.11. The Balaban J connectivity index is 2.07. The van der Waals surface area contributed by atoms with E-state index < -0.39 is 0 Å². The molecule has 0 aliphatic carbocycles. The minimum absolute atomic E-state index is 0.00602. The molecule has 1 heterocycles. The Bertz CT molecular complexity index is 436. The van der Waals surface area contributed by atoms with Gasteiger partial charge in [-0.25, -0.2) is 0 Å². The van der Waals surface area contributed by atoms with Gasteiger partial charge < -0.3 is 5.32 Å². The fraction of sp³-hybridized carbons (Fsp3) is 0.500. The Morgan fingerprint density at radius 3 is 2.89 bits per heavy atom. The molecule has 1 N–H and O–H groups in total. The minimum atomic E-state index is 0.00602. The molecule has 1 aliphatic heterocycles. The first kappa shape index (κ1) is 13.9. The lowest BCUT2D eigenvalue weighted by atomic mass is 9.99. The maximum absolute atomic E-state index is 12.3. The quantitative estimate of drug-likeness (QED) is 0.858. The molecule has 2 atom stereocenters. The molecule has 0 spiro atoms. The fourth-order valence-corrected chi connectivity index (χ4v) is 4.18. The third-order valence-electron chi connectivity index (χ3n) is 3.32. The molecule has 2 unspecified atom stereocenters. The van der Waals surface area contributed by atoms with Gasteiger partial charge in [-0.15, -0.1) is 11.8 Å². The number of amides is 1. The predicted molar refractivity (Wildman–Crippen MR) is 80.5 cm³/mol. The van der Waals surface area contributed by atoms with Crippen molar-refractivity contribution in [1.82, 2.24) is 5.32 Å². The highest BCUT2D eigenvalue weighted by atomic mass is 79.9. The van der Waals surface area contributed by atoms with Crippen LogP contribution >= 0.6 is 27.7 Å². The van der Waals surface area contributed by atoms with Gasteiger partial charge in [-0.05, 0) is 17.5 Å². The maximum atomic E-state index is 12.3. The molecule has 1 aromatic carbocycles. The first-order valence-corrected chi connectivity index (χ1v) is 8.32. The number of alkyl halides is 1. The minimum Gasteiger partial charge on any atom is -0.352 e. The molecule has 18 heavy (non-hydrogen) atoms. The largest absolute Gasteiger partial charge is 0.352 e. The lowest BCUT2D eigenvalue weighted by molar-refractivity contribution is -0.122. The van der Waals surface area contributed by atoms with Crippen LogP contribution in [-0.4, -0.2) is 23.0 Å². The summed E-state index contributed by atoms with van der Waals surface area (Å²) < 4.78 is 0. The van der Waals surface area contributed by atoms with Gasteiger partial charge >= 0.3 is 0 Å². The molecular formula is C14H18BrNOS. The summed E-state index contributed by atoms with van der Waals surface area (Å²) in [5.74, 6) is 1.47. The van der Waals surface area contributed by atoms with Crippen LogP contribution in [0.25, 0.3) is 0 Å². The van der Waals surface area contributed by atoms with Crippen LogP contribution in [0.3, 0.4) is 0 Å². The van der Waals surface area contributed by atoms with Crippen molar-refractivity contribution in [1.29, 1.82) is 0 Å². The van der Waals surface area contributed by atoms with E-state index in [0.717, 1.165) is 11.1 Å². The van der Waals surface area contributed by atoms with Crippen molar-refractivity contribution < 1.29 is 4.79 Å². The van der Waals surface area contributed by atoms with Gasteiger partial charge in [-0.1, -0.05) is 48.0 Å². The second-order valence-electron chi connectivity index (χ2n) is 4.91. The van der Waals surface area contributed by atoms with E-state index in [9.17, 15) is 4.79 Å². The number of thioether (sulfide) groups is 1. The van der Waals surface area contributed by atoms with Crippen LogP contribution in [0.4, 0.5) is 0 Å². The van der Waals surface area contributed by atoms with E-state index in [1.54, 1.807) is 11.8 Å². The number of carbonyl (C=O) groups excluding carboxylic acids is 1. The summed E-state index contributed by atoms with van der Waals surface area (Å²) in [6.07, 6.45) is 0. The monoisotopic (exact) mass is 327 g/mol. The highest BCUT2D eigenvalue weighted by molar-refractivity contribution is 9.09. The number of carbonyl (C=O) groups is 1. The van der Waals surface area contributed by atoms with Crippen molar-refractivity contribution in [2.45, 2.75) is 30.7 Å². The molecule has 0 aromatic heterocycles. The van der Waals surface area contributed by atoms with Crippen LogP contribution in [0, 0.1) is 5.92 Å². The van der Waals surface area contributed by atoms with E-state index in [2.05, 4.69) is 47.2 Å². The van der Waals surface area contributed by atoms with Gasteiger partial charge in [0, 0.05) is 22.0 Å². The average molecular weight is 328 g/mol. The number of rotatable bonds is 4. The molecule has 0 fully saturated rings. The van der Waals surface area contributed by atoms with E-state index >= 15 is 0 Å². The van der Waals surface area contributed by atoms with E-state index in [1.807, 2.05) is 12.1 Å². The number of benzene rings is 1. The lowest BCUT2D eigenvalue weighted by Crippen LogP contribution is -2.42. The summed E-state index contributed by atoms with van der Waals surface area (Å²) >= 11 is 5.24. The molecule has 98 valence electrons. The number of halogens is 1. The molecule has 1 aromatic rings. The van der Waals surface area contributed by atoms with Gasteiger partial charge in [-0.2, -0.15) is 0 Å². The smallest absolute Gasteiger partial charge is 0.228 e. The summed E-state index contributed by atoms with van der Waals surface area (Å²) in [7, 11) is 0. The summed E-state index contributed by atoms with van der Waals surface area (Å²) in [4.78, 5) is 13.6. The van der Waals surface area contributed by atoms with Crippen molar-refractivity contribution in [3.63, 3.8) is 0 Å². The number of fused-ring (bicyclic) bond motifs is 1. The summed E-state index contributed by atoms with van der Waals surface area (Å²) in [6, 6.07) is 8.41. The van der Waals surface area contributed by atoms with E-state index in [-0.39, 0.29) is 17.9 Å². The maximum Gasteiger partial charge on any atom is 0.228 e. The van der Waals surface area contributed by atoms with Crippen molar-refractivity contribution in [2.75, 3.05) is 11.1 Å². The Kier molecular flexibility index (Phi) is 4.73. The molecule has 2 nitrogen and oxygen atoms in total. The first-order chi connectivity index (χ1) is 8.63. The van der Waals surface area contributed by atoms with Crippen molar-refractivity contribution in [2.24, 2.45) is 5.92 Å². The third kappa shape index (κ3) is 2.91. The predicted octanol–water partition coefficient (Wildman–Crippen LogP) is 3.41. The van der Waals surface area contributed by atoms with Gasteiger partial charge in [-0.3, -0.25) is 4.79 Å². The number of hydrogen-bond acceptors (Lipinski definition) is 2. The highest BCUT2D eigenvalue weighted by Gasteiger charge is 2.30. The summed E-state index contributed by atoms with van der Waals surface area (Å²) in [5.41, 5.74) is 1.18. The normalized spacial score (nSPS) is 19.7. The molecule has 0 saturated heterocycles. The average Bonchev–Trinajstić information content (AvgIpc) is 2.79. The van der Waals surface area contributed by atoms with Gasteiger partial charge in [0.15, 0.2) is 0 Å². The molecule has 2 rings (SSSR count). The van der Waals surface area contributed by atoms with Crippen LogP contribution in [0.15, 0.2) is 29.2 Å². The van der Waals surface area contributed by atoms with Crippen LogP contribution in [0.1, 0.15) is 25.3 Å². The zero-order valence-electron chi connectivity index (χ0n) is 10.7. The van der Waals surface area contributed by atoms with Crippen LogP contribution in [-0.2, 0) is 4.79 Å². The van der Waals surface area contributed by atoms with Crippen molar-refractivity contribution in [3.8, 4) is 0 Å². The van der Waals surface area contributed by atoms with Crippen LogP contribution in [0.5, 0.6) is 0 Å². The molecule has 1 aliphatic rings. The third-order valence-corrected chi connectivity index (χ3v) is 5.20. The van der Waals surface area contributed by atoms with Gasteiger partial charge in [0.2, 0.25) is 5.91 Å². The van der Waals surface area contributed by atoms with Gasteiger partial charge in [0.25, 0.3) is 0 Å². The molecule has 0 saturated carbocycles. The molecule has 0 radical (unpaired) electrons. The van der Waals surface area contributed by atoms with E-state index in [4.69, 9.17) is 0 Å².